The van der Waals surface area contributed by atoms with E-state index >= 15 is 0 Å². The topological polar surface area (TPSA) is 167 Å². The van der Waals surface area contributed by atoms with E-state index in [0.29, 0.717) is 48.1 Å². The third-order valence-corrected chi connectivity index (χ3v) is 12.8. The molecule has 0 radical (unpaired) electrons. The number of nitrogens with zero attached hydrogens (tertiary/aromatic N) is 2. The number of anilines is 1. The number of rotatable bonds is 20. The number of aliphatic hydroxyl groups is 2. The van der Waals surface area contributed by atoms with Gasteiger partial charge in [0.15, 0.2) is 0 Å². The van der Waals surface area contributed by atoms with Gasteiger partial charge in [0.2, 0.25) is 5.79 Å². The van der Waals surface area contributed by atoms with Gasteiger partial charge < -0.3 is 43.5 Å². The van der Waals surface area contributed by atoms with Gasteiger partial charge in [0, 0.05) is 37.2 Å². The monoisotopic (exact) mass is 891 g/mol. The van der Waals surface area contributed by atoms with Crippen LogP contribution in [0.15, 0.2) is 108 Å². The Kier molecular flexibility index (Phi) is 15.7. The van der Waals surface area contributed by atoms with Crippen LogP contribution in [0, 0.1) is 17.8 Å². The molecular weight excluding hydrogens is 831 g/mol. The zero-order valence-corrected chi connectivity index (χ0v) is 37.7. The summed E-state index contributed by atoms with van der Waals surface area (Å²) < 4.78 is 36.8. The Morgan fingerprint density at radius 3 is 2.45 bits per heavy atom. The molecule has 0 aromatic heterocycles. The molecule has 1 heterocycles. The molecule has 346 valence electrons. The second-order valence-electron chi connectivity index (χ2n) is 16.5. The van der Waals surface area contributed by atoms with Gasteiger partial charge in [-0.05, 0) is 96.7 Å². The third-order valence-electron chi connectivity index (χ3n) is 12.8. The summed E-state index contributed by atoms with van der Waals surface area (Å²) in [6.45, 7) is 6.59. The van der Waals surface area contributed by atoms with E-state index in [2.05, 4.69) is 18.0 Å². The Labute approximate surface area is 380 Å². The Balaban J connectivity index is 1.41. The van der Waals surface area contributed by atoms with Crippen LogP contribution in [0.1, 0.15) is 68.9 Å². The maximum Gasteiger partial charge on any atom is 0.417 e. The average molecular weight is 892 g/mol. The van der Waals surface area contributed by atoms with Crippen LogP contribution >= 0.6 is 0 Å². The Morgan fingerprint density at radius 1 is 0.938 bits per heavy atom. The minimum atomic E-state index is -1.52. The van der Waals surface area contributed by atoms with Crippen molar-refractivity contribution in [3.8, 4) is 23.0 Å². The van der Waals surface area contributed by atoms with Crippen LogP contribution in [0.4, 0.5) is 15.3 Å². The van der Waals surface area contributed by atoms with Crippen LogP contribution in [0.25, 0.3) is 10.8 Å². The van der Waals surface area contributed by atoms with Crippen LogP contribution in [0.2, 0.25) is 0 Å². The Morgan fingerprint density at radius 2 is 1.71 bits per heavy atom. The number of hydrogen-bond acceptors (Lipinski definition) is 12. The average Bonchev–Trinajstić information content (AvgIpc) is 3.33. The summed E-state index contributed by atoms with van der Waals surface area (Å²) in [5.41, 5.74) is 3.64. The molecule has 1 saturated carbocycles. The van der Waals surface area contributed by atoms with Crippen LogP contribution < -0.4 is 24.3 Å². The molecule has 6 atom stereocenters. The Hall–Kier alpha value is -6.09. The zero-order valence-electron chi connectivity index (χ0n) is 37.7. The second-order valence-corrected chi connectivity index (χ2v) is 16.5. The number of benzene rings is 4. The van der Waals surface area contributed by atoms with E-state index in [0.717, 1.165) is 53.2 Å². The third kappa shape index (κ3) is 9.95. The summed E-state index contributed by atoms with van der Waals surface area (Å²) >= 11 is 0. The van der Waals surface area contributed by atoms with Crippen molar-refractivity contribution in [3.05, 3.63) is 114 Å². The van der Waals surface area contributed by atoms with E-state index in [1.807, 2.05) is 55.5 Å². The van der Waals surface area contributed by atoms with Crippen molar-refractivity contribution in [2.24, 2.45) is 22.9 Å². The molecule has 7 rings (SSSR count). The predicted octanol–water partition coefficient (Wildman–Crippen LogP) is 9.39. The number of carbonyl (C=O) groups is 2. The summed E-state index contributed by atoms with van der Waals surface area (Å²) in [6, 6.07) is 23.6. The van der Waals surface area contributed by atoms with Crippen molar-refractivity contribution in [3.63, 3.8) is 0 Å². The quantitative estimate of drug-likeness (QED) is 0.0440. The maximum atomic E-state index is 14.4. The molecule has 2 amide bonds. The van der Waals surface area contributed by atoms with Gasteiger partial charge in [-0.1, -0.05) is 72.6 Å². The lowest BCUT2D eigenvalue weighted by molar-refractivity contribution is -0.256. The largest absolute Gasteiger partial charge is 0.497 e. The molecule has 0 saturated heterocycles. The van der Waals surface area contributed by atoms with Gasteiger partial charge in [-0.25, -0.2) is 9.59 Å². The summed E-state index contributed by atoms with van der Waals surface area (Å²) in [6.07, 6.45) is 7.12. The lowest BCUT2D eigenvalue weighted by Gasteiger charge is -2.59. The number of amides is 2. The molecular formula is C51H61N3O11. The highest BCUT2D eigenvalue weighted by Crippen LogP contribution is 2.62. The lowest BCUT2D eigenvalue weighted by Crippen LogP contribution is -2.70. The molecule has 14 heteroatoms. The number of carbonyl (C=O) groups excluding carboxylic acids is 2. The molecule has 4 aromatic rings. The van der Waals surface area contributed by atoms with Gasteiger partial charge in [0.05, 0.1) is 51.8 Å². The molecule has 0 spiro atoms. The van der Waals surface area contributed by atoms with Crippen molar-refractivity contribution in [2.45, 2.75) is 76.2 Å². The number of aliphatic hydroxyl groups excluding tert-OH is 2. The van der Waals surface area contributed by atoms with E-state index in [4.69, 9.17) is 38.4 Å². The summed E-state index contributed by atoms with van der Waals surface area (Å²) in [7, 11) is 4.42. The predicted molar refractivity (Wildman–Crippen MR) is 248 cm³/mol. The molecule has 3 N–H and O–H groups in total. The van der Waals surface area contributed by atoms with Crippen molar-refractivity contribution in [1.29, 1.82) is 0 Å². The van der Waals surface area contributed by atoms with E-state index in [9.17, 15) is 19.8 Å². The first-order valence-corrected chi connectivity index (χ1v) is 22.5. The fourth-order valence-corrected chi connectivity index (χ4v) is 10.0. The fraction of sp³-hybridized carbons (Fsp3) is 0.431. The number of fused-ring (bicyclic) bond motifs is 3. The summed E-state index contributed by atoms with van der Waals surface area (Å²) in [4.78, 5) is 35.6. The standard InChI is InChI=1S/C51H61N3O11/c1-6-27-62-51-46(54(50(58)61-5)32-35-18-14-17-33-15-8-9-19-38(33)35)31-43(53-63-7-2)40-28-34(16-10-12-25-55)39(20-11-13-26-56)47(48(40)51)41-29-37(22-24-44(41)65-51)64-49(57)52-42-23-21-36(59-3)30-45(42)60-4/h6,8-9,14-15,17-19,21-24,28-30,34,39,46-48,55-56H,1,7,10-13,16,20,25-27,31-32H2,2-5H3,(H,52,57). The Bertz CT molecular complexity index is 2360. The highest BCUT2D eigenvalue weighted by molar-refractivity contribution is 6.03. The van der Waals surface area contributed by atoms with E-state index in [-0.39, 0.29) is 56.3 Å². The minimum absolute atomic E-state index is 0.00530. The van der Waals surface area contributed by atoms with Crippen molar-refractivity contribution in [1.82, 2.24) is 4.90 Å². The van der Waals surface area contributed by atoms with E-state index < -0.39 is 29.9 Å². The zero-order chi connectivity index (χ0) is 45.9. The van der Waals surface area contributed by atoms with Crippen LogP contribution in [-0.4, -0.2) is 92.6 Å². The molecule has 65 heavy (non-hydrogen) atoms. The van der Waals surface area contributed by atoms with Gasteiger partial charge in [-0.3, -0.25) is 10.2 Å². The van der Waals surface area contributed by atoms with Crippen molar-refractivity contribution in [2.75, 3.05) is 53.1 Å². The molecule has 3 aliphatic rings. The first-order valence-electron chi connectivity index (χ1n) is 22.5. The normalized spacial score (nSPS) is 22.4. The lowest BCUT2D eigenvalue weighted by atomic mass is 9.55. The molecule has 2 aliphatic carbocycles. The first-order chi connectivity index (χ1) is 31.7. The van der Waals surface area contributed by atoms with Crippen LogP contribution in [-0.2, 0) is 20.9 Å². The number of nitrogens with one attached hydrogen (secondary N) is 1. The molecule has 6 unspecified atom stereocenters. The molecule has 0 bridgehead atoms. The molecule has 1 fully saturated rings. The number of hydrogen-bond donors (Lipinski definition) is 3. The summed E-state index contributed by atoms with van der Waals surface area (Å²) in [5, 5.41) is 29.5. The summed E-state index contributed by atoms with van der Waals surface area (Å²) in [5.74, 6) is -0.733. The molecule has 1 aliphatic heterocycles. The number of methoxy groups -OCH3 is 3. The highest BCUT2D eigenvalue weighted by atomic mass is 16.7. The number of oxime groups is 1. The van der Waals surface area contributed by atoms with Crippen LogP contribution in [0.5, 0.6) is 23.0 Å². The van der Waals surface area contributed by atoms with Gasteiger partial charge in [-0.2, -0.15) is 0 Å². The fourth-order valence-electron chi connectivity index (χ4n) is 10.0. The maximum absolute atomic E-state index is 14.4. The number of unbranched alkanes of at least 4 members (excludes halogenated alkanes) is 2. The van der Waals surface area contributed by atoms with Gasteiger partial charge in [0.1, 0.15) is 35.6 Å². The number of ether oxygens (including phenoxy) is 6. The van der Waals surface area contributed by atoms with Crippen LogP contribution in [0.3, 0.4) is 0 Å². The van der Waals surface area contributed by atoms with Gasteiger partial charge in [-0.15, -0.1) is 6.58 Å². The first kappa shape index (κ1) is 46.9. The van der Waals surface area contributed by atoms with E-state index in [1.165, 1.54) is 14.2 Å². The number of allylic oxidation sites excluding steroid dienone is 1. The smallest absolute Gasteiger partial charge is 0.417 e. The molecule has 4 aromatic carbocycles. The van der Waals surface area contributed by atoms with Gasteiger partial charge in [0.25, 0.3) is 0 Å². The van der Waals surface area contributed by atoms with Crippen molar-refractivity contribution < 1.29 is 53.1 Å². The minimum Gasteiger partial charge on any atom is -0.497 e. The van der Waals surface area contributed by atoms with Gasteiger partial charge >= 0.3 is 12.2 Å². The highest BCUT2D eigenvalue weighted by Gasteiger charge is 2.65. The molecule has 14 nitrogen and oxygen atoms in total. The second kappa shape index (κ2) is 21.7. The SMILES string of the molecule is C=CCOC12Oc3ccc(OC(=O)Nc4ccc(OC)cc4OC)cc3C3C(CCCCO)C(CCCCO)C=C(C(=NOCC)CC1N(Cc1cccc4ccccc14)C(=O)OC)C32. The van der Waals surface area contributed by atoms with E-state index in [1.54, 1.807) is 48.4 Å². The van der Waals surface area contributed by atoms with Crippen molar-refractivity contribution >= 4 is 34.4 Å².